The number of carbonyl (C=O) groups is 2. The van der Waals surface area contributed by atoms with Crippen molar-refractivity contribution >= 4 is 17.6 Å². The molecule has 0 aliphatic carbocycles. The second-order valence-electron chi connectivity index (χ2n) is 5.67. The van der Waals surface area contributed by atoms with E-state index >= 15 is 0 Å². The van der Waals surface area contributed by atoms with Crippen LogP contribution in [-0.2, 0) is 14.3 Å². The normalized spacial score (nSPS) is 16.8. The monoisotopic (exact) mass is 353 g/mol. The van der Waals surface area contributed by atoms with Crippen LogP contribution in [0.2, 0.25) is 0 Å². The maximum atomic E-state index is 12.7. The molecule has 0 bridgehead atoms. The first-order chi connectivity index (χ1) is 12.6. The number of amides is 1. The highest BCUT2D eigenvalue weighted by molar-refractivity contribution is 6.15. The molecule has 0 fully saturated rings. The molecular formula is C20H19NO5. The van der Waals surface area contributed by atoms with Crippen LogP contribution in [0, 0.1) is 0 Å². The molecule has 0 unspecified atom stereocenters. The van der Waals surface area contributed by atoms with Gasteiger partial charge in [-0.3, -0.25) is 9.69 Å². The molecule has 1 heterocycles. The Bertz CT molecular complexity index is 842. The molecule has 2 aromatic carbocycles. The Morgan fingerprint density at radius 1 is 1.12 bits per heavy atom. The fourth-order valence-corrected chi connectivity index (χ4v) is 2.98. The number of para-hydroxylation sites is 1. The van der Waals surface area contributed by atoms with Gasteiger partial charge in [-0.05, 0) is 36.8 Å². The number of methoxy groups -OCH3 is 1. The van der Waals surface area contributed by atoms with Gasteiger partial charge in [0.25, 0.3) is 5.91 Å². The number of hydrogen-bond donors (Lipinski definition) is 1. The molecule has 0 saturated heterocycles. The van der Waals surface area contributed by atoms with Gasteiger partial charge in [0.1, 0.15) is 11.3 Å². The molecule has 1 aliphatic heterocycles. The van der Waals surface area contributed by atoms with Gasteiger partial charge in [-0.2, -0.15) is 0 Å². The Hall–Kier alpha value is -3.28. The van der Waals surface area contributed by atoms with Crippen molar-refractivity contribution in [1.29, 1.82) is 0 Å². The molecule has 2 aromatic rings. The minimum Gasteiger partial charge on any atom is -0.503 e. The lowest BCUT2D eigenvalue weighted by atomic mass is 9.98. The molecule has 6 nitrogen and oxygen atoms in total. The van der Waals surface area contributed by atoms with Gasteiger partial charge in [0.2, 0.25) is 0 Å². The zero-order valence-electron chi connectivity index (χ0n) is 14.5. The van der Waals surface area contributed by atoms with E-state index in [2.05, 4.69) is 0 Å². The third-order valence-electron chi connectivity index (χ3n) is 4.17. The van der Waals surface area contributed by atoms with Crippen LogP contribution in [-0.4, -0.2) is 30.7 Å². The highest BCUT2D eigenvalue weighted by atomic mass is 16.5. The largest absolute Gasteiger partial charge is 0.503 e. The first-order valence-electron chi connectivity index (χ1n) is 8.21. The number of nitrogens with zero attached hydrogens (tertiary/aromatic N) is 1. The average molecular weight is 353 g/mol. The molecule has 134 valence electrons. The van der Waals surface area contributed by atoms with Gasteiger partial charge in [-0.15, -0.1) is 0 Å². The summed E-state index contributed by atoms with van der Waals surface area (Å²) < 4.78 is 10.2. The van der Waals surface area contributed by atoms with Crippen molar-refractivity contribution < 1.29 is 24.2 Å². The van der Waals surface area contributed by atoms with E-state index in [1.807, 2.05) is 6.07 Å². The van der Waals surface area contributed by atoms with E-state index in [-0.39, 0.29) is 12.2 Å². The fourth-order valence-electron chi connectivity index (χ4n) is 2.98. The van der Waals surface area contributed by atoms with Crippen molar-refractivity contribution in [2.45, 2.75) is 13.0 Å². The molecule has 1 atom stereocenters. The summed E-state index contributed by atoms with van der Waals surface area (Å²) in [6.07, 6.45) is 0. The van der Waals surface area contributed by atoms with Crippen LogP contribution in [0.3, 0.4) is 0 Å². The zero-order chi connectivity index (χ0) is 18.7. The smallest absolute Gasteiger partial charge is 0.340 e. The number of anilines is 1. The fraction of sp³-hybridized carbons (Fsp3) is 0.200. The number of aliphatic hydroxyl groups excluding tert-OH is 1. The van der Waals surface area contributed by atoms with E-state index in [0.29, 0.717) is 17.0 Å². The molecule has 26 heavy (non-hydrogen) atoms. The summed E-state index contributed by atoms with van der Waals surface area (Å²) in [5, 5.41) is 10.4. The molecule has 0 aromatic heterocycles. The van der Waals surface area contributed by atoms with Gasteiger partial charge in [0.15, 0.2) is 5.76 Å². The van der Waals surface area contributed by atoms with E-state index in [0.717, 1.165) is 0 Å². The van der Waals surface area contributed by atoms with Crippen molar-refractivity contribution in [2.24, 2.45) is 0 Å². The second-order valence-corrected chi connectivity index (χ2v) is 5.67. The van der Waals surface area contributed by atoms with Crippen molar-refractivity contribution in [3.8, 4) is 5.75 Å². The number of aliphatic hydroxyl groups is 1. The Morgan fingerprint density at radius 3 is 2.35 bits per heavy atom. The predicted octanol–water partition coefficient (Wildman–Crippen LogP) is 3.16. The van der Waals surface area contributed by atoms with Gasteiger partial charge in [-0.25, -0.2) is 4.79 Å². The molecule has 3 rings (SSSR count). The lowest BCUT2D eigenvalue weighted by Crippen LogP contribution is -2.31. The number of hydrogen-bond acceptors (Lipinski definition) is 5. The van der Waals surface area contributed by atoms with E-state index in [1.165, 1.54) is 4.90 Å². The van der Waals surface area contributed by atoms with Gasteiger partial charge >= 0.3 is 5.97 Å². The third kappa shape index (κ3) is 3.01. The number of esters is 1. The Kier molecular flexibility index (Phi) is 4.93. The summed E-state index contributed by atoms with van der Waals surface area (Å²) in [6, 6.07) is 15.1. The van der Waals surface area contributed by atoms with E-state index in [9.17, 15) is 14.7 Å². The Balaban J connectivity index is 2.12. The summed E-state index contributed by atoms with van der Waals surface area (Å²) in [4.78, 5) is 26.6. The van der Waals surface area contributed by atoms with E-state index < -0.39 is 23.7 Å². The SMILES string of the molecule is CCOC(=O)C1=C(O)C(=O)N(c2ccccc2)[C@H]1c1ccc(OC)cc1. The number of benzene rings is 2. The molecule has 0 radical (unpaired) electrons. The quantitative estimate of drug-likeness (QED) is 0.836. The average Bonchev–Trinajstić information content (AvgIpc) is 2.94. The van der Waals surface area contributed by atoms with Crippen LogP contribution in [0.5, 0.6) is 5.75 Å². The van der Waals surface area contributed by atoms with E-state index in [4.69, 9.17) is 9.47 Å². The van der Waals surface area contributed by atoms with Crippen molar-refractivity contribution in [1.82, 2.24) is 0 Å². The lowest BCUT2D eigenvalue weighted by Gasteiger charge is -2.26. The molecule has 1 aliphatic rings. The van der Waals surface area contributed by atoms with Gasteiger partial charge in [-0.1, -0.05) is 30.3 Å². The van der Waals surface area contributed by atoms with Gasteiger partial charge in [0.05, 0.1) is 19.8 Å². The topological polar surface area (TPSA) is 76.1 Å². The second kappa shape index (κ2) is 7.31. The standard InChI is InChI=1S/C20H19NO5/c1-3-26-20(24)16-17(13-9-11-15(25-2)12-10-13)21(19(23)18(16)22)14-7-5-4-6-8-14/h4-12,17,22H,3H2,1-2H3/t17-/m0/s1. The molecule has 1 amide bonds. The molecule has 0 spiro atoms. The zero-order valence-corrected chi connectivity index (χ0v) is 14.5. The molecule has 1 N–H and O–H groups in total. The number of carbonyl (C=O) groups excluding carboxylic acids is 2. The van der Waals surface area contributed by atoms with Crippen molar-refractivity contribution in [2.75, 3.05) is 18.6 Å². The summed E-state index contributed by atoms with van der Waals surface area (Å²) in [5.74, 6) is -1.29. The highest BCUT2D eigenvalue weighted by Crippen LogP contribution is 2.41. The molecule has 0 saturated carbocycles. The van der Waals surface area contributed by atoms with Crippen LogP contribution in [0.25, 0.3) is 0 Å². The van der Waals surface area contributed by atoms with Crippen LogP contribution in [0.15, 0.2) is 65.9 Å². The Morgan fingerprint density at radius 2 is 1.77 bits per heavy atom. The van der Waals surface area contributed by atoms with Crippen molar-refractivity contribution in [3.63, 3.8) is 0 Å². The minimum atomic E-state index is -0.783. The van der Waals surface area contributed by atoms with Crippen molar-refractivity contribution in [3.05, 3.63) is 71.5 Å². The summed E-state index contributed by atoms with van der Waals surface area (Å²) in [5.41, 5.74) is 1.17. The molecular weight excluding hydrogens is 334 g/mol. The van der Waals surface area contributed by atoms with Crippen LogP contribution in [0.4, 0.5) is 5.69 Å². The number of ether oxygens (including phenoxy) is 2. The third-order valence-corrected chi connectivity index (χ3v) is 4.17. The Labute approximate surface area is 151 Å². The van der Waals surface area contributed by atoms with Crippen LogP contribution >= 0.6 is 0 Å². The summed E-state index contributed by atoms with van der Waals surface area (Å²) in [6.45, 7) is 1.81. The van der Waals surface area contributed by atoms with Crippen LogP contribution < -0.4 is 9.64 Å². The van der Waals surface area contributed by atoms with Gasteiger partial charge < -0.3 is 14.6 Å². The number of rotatable bonds is 5. The minimum absolute atomic E-state index is 0.0640. The molecule has 6 heteroatoms. The summed E-state index contributed by atoms with van der Waals surface area (Å²) >= 11 is 0. The highest BCUT2D eigenvalue weighted by Gasteiger charge is 2.45. The van der Waals surface area contributed by atoms with E-state index in [1.54, 1.807) is 62.6 Å². The lowest BCUT2D eigenvalue weighted by molar-refractivity contribution is -0.139. The predicted molar refractivity (Wildman–Crippen MR) is 96.0 cm³/mol. The maximum absolute atomic E-state index is 12.7. The van der Waals surface area contributed by atoms with Crippen LogP contribution in [0.1, 0.15) is 18.5 Å². The summed E-state index contributed by atoms with van der Waals surface area (Å²) in [7, 11) is 1.56. The van der Waals surface area contributed by atoms with Gasteiger partial charge in [0, 0.05) is 5.69 Å². The first-order valence-corrected chi connectivity index (χ1v) is 8.21. The first kappa shape index (κ1) is 17.5. The maximum Gasteiger partial charge on any atom is 0.340 e.